The maximum atomic E-state index is 13.2. The van der Waals surface area contributed by atoms with Gasteiger partial charge in [-0.1, -0.05) is 11.6 Å². The fourth-order valence-electron chi connectivity index (χ4n) is 2.07. The zero-order chi connectivity index (χ0) is 19.3. The number of nitrogens with one attached hydrogen (secondary N) is 1. The molecule has 0 aliphatic carbocycles. The molecule has 0 radical (unpaired) electrons. The third kappa shape index (κ3) is 4.64. The molecule has 8 heteroatoms. The molecule has 0 aromatic heterocycles. The van der Waals surface area contributed by atoms with E-state index in [2.05, 4.69) is 10.1 Å². The van der Waals surface area contributed by atoms with Crippen molar-refractivity contribution < 1.29 is 28.2 Å². The van der Waals surface area contributed by atoms with E-state index in [1.165, 1.54) is 51.5 Å². The fourth-order valence-corrected chi connectivity index (χ4v) is 2.25. The van der Waals surface area contributed by atoms with Crippen LogP contribution in [0.5, 0.6) is 11.5 Å². The predicted octanol–water partition coefficient (Wildman–Crippen LogP) is 3.68. The lowest BCUT2D eigenvalue weighted by Crippen LogP contribution is -2.30. The van der Waals surface area contributed by atoms with Crippen LogP contribution in [0.3, 0.4) is 0 Å². The lowest BCUT2D eigenvalue weighted by atomic mass is 10.2. The minimum Gasteiger partial charge on any atom is -0.493 e. The smallest absolute Gasteiger partial charge is 0.337 e. The van der Waals surface area contributed by atoms with Crippen molar-refractivity contribution in [2.45, 2.75) is 13.0 Å². The van der Waals surface area contributed by atoms with Crippen LogP contribution in [0.1, 0.15) is 17.3 Å². The van der Waals surface area contributed by atoms with Gasteiger partial charge < -0.3 is 19.5 Å². The summed E-state index contributed by atoms with van der Waals surface area (Å²) in [5, 5.41) is 2.48. The van der Waals surface area contributed by atoms with Crippen molar-refractivity contribution in [2.24, 2.45) is 0 Å². The highest BCUT2D eigenvalue weighted by Crippen LogP contribution is 2.29. The third-order valence-corrected chi connectivity index (χ3v) is 3.73. The quantitative estimate of drug-likeness (QED) is 0.773. The van der Waals surface area contributed by atoms with E-state index in [-0.39, 0.29) is 22.1 Å². The number of carbonyl (C=O) groups is 2. The van der Waals surface area contributed by atoms with Crippen LogP contribution in [-0.2, 0) is 9.53 Å². The van der Waals surface area contributed by atoms with Crippen LogP contribution in [-0.4, -0.2) is 32.2 Å². The first-order valence-electron chi connectivity index (χ1n) is 7.54. The van der Waals surface area contributed by atoms with Crippen molar-refractivity contribution >= 4 is 29.2 Å². The summed E-state index contributed by atoms with van der Waals surface area (Å²) in [6.07, 6.45) is -0.892. The van der Waals surface area contributed by atoms with Crippen LogP contribution < -0.4 is 14.8 Å². The average molecular weight is 382 g/mol. The van der Waals surface area contributed by atoms with Gasteiger partial charge in [-0.15, -0.1) is 0 Å². The van der Waals surface area contributed by atoms with Crippen molar-refractivity contribution in [1.29, 1.82) is 0 Å². The topological polar surface area (TPSA) is 73.9 Å². The molecule has 0 heterocycles. The number of hydrogen-bond donors (Lipinski definition) is 1. The standard InChI is InChI=1S/C18H17ClFNO5/c1-10(17(22)21-12-5-6-14(20)13(19)9-12)26-15-7-4-11(18(23)25-3)8-16(15)24-2/h4-10H,1-3H3,(H,21,22)/t10-/m0/s1. The molecule has 0 spiro atoms. The van der Waals surface area contributed by atoms with Crippen LogP contribution in [0, 0.1) is 5.82 Å². The Hall–Kier alpha value is -2.80. The first kappa shape index (κ1) is 19.5. The summed E-state index contributed by atoms with van der Waals surface area (Å²) in [5.74, 6) is -1.01. The number of rotatable bonds is 6. The van der Waals surface area contributed by atoms with E-state index < -0.39 is 23.8 Å². The van der Waals surface area contributed by atoms with Gasteiger partial charge in [-0.3, -0.25) is 4.79 Å². The van der Waals surface area contributed by atoms with Crippen molar-refractivity contribution in [3.63, 3.8) is 0 Å². The summed E-state index contributed by atoms with van der Waals surface area (Å²) < 4.78 is 28.6. The zero-order valence-electron chi connectivity index (χ0n) is 14.3. The molecule has 0 saturated carbocycles. The number of amides is 1. The molecule has 26 heavy (non-hydrogen) atoms. The Bertz CT molecular complexity index is 827. The first-order valence-corrected chi connectivity index (χ1v) is 7.92. The Morgan fingerprint density at radius 2 is 1.85 bits per heavy atom. The number of halogens is 2. The van der Waals surface area contributed by atoms with Crippen LogP contribution in [0.25, 0.3) is 0 Å². The number of methoxy groups -OCH3 is 2. The second-order valence-electron chi connectivity index (χ2n) is 5.24. The Kier molecular flexibility index (Phi) is 6.41. The van der Waals surface area contributed by atoms with Gasteiger partial charge in [0.2, 0.25) is 0 Å². The fraction of sp³-hybridized carbons (Fsp3) is 0.222. The molecular formula is C18H17ClFNO5. The number of carbonyl (C=O) groups excluding carboxylic acids is 2. The van der Waals surface area contributed by atoms with E-state index in [1.807, 2.05) is 0 Å². The van der Waals surface area contributed by atoms with Gasteiger partial charge >= 0.3 is 5.97 Å². The molecule has 6 nitrogen and oxygen atoms in total. The Morgan fingerprint density at radius 1 is 1.12 bits per heavy atom. The summed E-state index contributed by atoms with van der Waals surface area (Å²) in [6.45, 7) is 1.54. The van der Waals surface area contributed by atoms with Crippen molar-refractivity contribution in [2.75, 3.05) is 19.5 Å². The molecule has 1 amide bonds. The highest BCUT2D eigenvalue weighted by atomic mass is 35.5. The summed E-state index contributed by atoms with van der Waals surface area (Å²) >= 11 is 5.69. The Labute approximate surface area is 154 Å². The number of anilines is 1. The van der Waals surface area contributed by atoms with E-state index in [9.17, 15) is 14.0 Å². The van der Waals surface area contributed by atoms with Crippen LogP contribution in [0.4, 0.5) is 10.1 Å². The van der Waals surface area contributed by atoms with Gasteiger partial charge in [0, 0.05) is 5.69 Å². The first-order chi connectivity index (χ1) is 12.3. The maximum absolute atomic E-state index is 13.2. The molecule has 1 atom stereocenters. The molecule has 0 saturated heterocycles. The van der Waals surface area contributed by atoms with Gasteiger partial charge in [0.05, 0.1) is 24.8 Å². The van der Waals surface area contributed by atoms with Crippen molar-refractivity contribution in [3.8, 4) is 11.5 Å². The van der Waals surface area contributed by atoms with Crippen molar-refractivity contribution in [1.82, 2.24) is 0 Å². The second-order valence-corrected chi connectivity index (χ2v) is 5.64. The largest absolute Gasteiger partial charge is 0.493 e. The zero-order valence-corrected chi connectivity index (χ0v) is 15.1. The maximum Gasteiger partial charge on any atom is 0.337 e. The van der Waals surface area contributed by atoms with E-state index in [1.54, 1.807) is 0 Å². The predicted molar refractivity (Wildman–Crippen MR) is 94.5 cm³/mol. The van der Waals surface area contributed by atoms with Gasteiger partial charge in [-0.2, -0.15) is 0 Å². The third-order valence-electron chi connectivity index (χ3n) is 3.44. The monoisotopic (exact) mass is 381 g/mol. The molecule has 0 fully saturated rings. The average Bonchev–Trinajstić information content (AvgIpc) is 2.64. The highest BCUT2D eigenvalue weighted by Gasteiger charge is 2.19. The van der Waals surface area contributed by atoms with Gasteiger partial charge in [-0.25, -0.2) is 9.18 Å². The Balaban J connectivity index is 2.10. The van der Waals surface area contributed by atoms with E-state index in [0.29, 0.717) is 5.69 Å². The van der Waals surface area contributed by atoms with E-state index in [4.69, 9.17) is 21.1 Å². The van der Waals surface area contributed by atoms with Gasteiger partial charge in [-0.05, 0) is 43.3 Å². The highest BCUT2D eigenvalue weighted by molar-refractivity contribution is 6.31. The molecular weight excluding hydrogens is 365 g/mol. The minimum atomic E-state index is -0.892. The summed E-state index contributed by atoms with van der Waals surface area (Å²) in [6, 6.07) is 8.28. The van der Waals surface area contributed by atoms with E-state index >= 15 is 0 Å². The molecule has 0 aliphatic heterocycles. The minimum absolute atomic E-state index is 0.101. The normalized spacial score (nSPS) is 11.4. The molecule has 0 unspecified atom stereocenters. The van der Waals surface area contributed by atoms with E-state index in [0.717, 1.165) is 6.07 Å². The van der Waals surface area contributed by atoms with Crippen LogP contribution >= 0.6 is 11.6 Å². The number of ether oxygens (including phenoxy) is 3. The number of hydrogen-bond acceptors (Lipinski definition) is 5. The molecule has 2 aromatic rings. The second kappa shape index (κ2) is 8.53. The van der Waals surface area contributed by atoms with Gasteiger partial charge in [0.15, 0.2) is 17.6 Å². The van der Waals surface area contributed by atoms with Crippen molar-refractivity contribution in [3.05, 3.63) is 52.8 Å². The summed E-state index contributed by atoms with van der Waals surface area (Å²) in [5.41, 5.74) is 0.625. The van der Waals surface area contributed by atoms with Crippen LogP contribution in [0.15, 0.2) is 36.4 Å². The summed E-state index contributed by atoms with van der Waals surface area (Å²) in [4.78, 5) is 23.8. The molecule has 0 aliphatic rings. The summed E-state index contributed by atoms with van der Waals surface area (Å²) in [7, 11) is 2.68. The lowest BCUT2D eigenvalue weighted by Gasteiger charge is -2.17. The molecule has 138 valence electrons. The molecule has 1 N–H and O–H groups in total. The molecule has 2 aromatic carbocycles. The molecule has 0 bridgehead atoms. The number of benzene rings is 2. The SMILES string of the molecule is COC(=O)c1ccc(O[C@@H](C)C(=O)Nc2ccc(F)c(Cl)c2)c(OC)c1. The lowest BCUT2D eigenvalue weighted by molar-refractivity contribution is -0.122. The Morgan fingerprint density at radius 3 is 2.46 bits per heavy atom. The van der Waals surface area contributed by atoms with Gasteiger partial charge in [0.25, 0.3) is 5.91 Å². The number of esters is 1. The molecule has 2 rings (SSSR count). The van der Waals surface area contributed by atoms with Crippen LogP contribution in [0.2, 0.25) is 5.02 Å². The van der Waals surface area contributed by atoms with Gasteiger partial charge in [0.1, 0.15) is 5.82 Å².